The lowest BCUT2D eigenvalue weighted by atomic mass is 10.1. The number of benzene rings is 2. The molecule has 8 nitrogen and oxygen atoms in total. The summed E-state index contributed by atoms with van der Waals surface area (Å²) in [6.07, 6.45) is -0.361. The average Bonchev–Trinajstić information content (AvgIpc) is 2.65. The van der Waals surface area contributed by atoms with Gasteiger partial charge in [0.2, 0.25) is 5.91 Å². The second-order valence-corrected chi connectivity index (χ2v) is 6.49. The molecule has 0 spiro atoms. The molecular formula is C20H20N2O6. The molecule has 0 radical (unpaired) electrons. The van der Waals surface area contributed by atoms with Gasteiger partial charge in [0.05, 0.1) is 0 Å². The first-order valence-electron chi connectivity index (χ1n) is 8.94. The van der Waals surface area contributed by atoms with Crippen molar-refractivity contribution >= 4 is 12.0 Å². The number of hydrogen-bond donors (Lipinski definition) is 2. The van der Waals surface area contributed by atoms with E-state index in [1.807, 2.05) is 60.7 Å². The fourth-order valence-electron chi connectivity index (χ4n) is 2.88. The molecule has 2 aromatic rings. The fraction of sp³-hybridized carbons (Fsp3) is 0.300. The van der Waals surface area contributed by atoms with Gasteiger partial charge in [-0.3, -0.25) is 19.0 Å². The first kappa shape index (κ1) is 18.4. The summed E-state index contributed by atoms with van der Waals surface area (Å²) >= 11 is 0. The van der Waals surface area contributed by atoms with Gasteiger partial charge in [-0.05, 0) is 11.1 Å². The number of rotatable bonds is 8. The summed E-state index contributed by atoms with van der Waals surface area (Å²) in [7, 11) is 0. The molecule has 8 heteroatoms. The van der Waals surface area contributed by atoms with Crippen LogP contribution < -0.4 is 10.6 Å². The topological polar surface area (TPSA) is 95.1 Å². The summed E-state index contributed by atoms with van der Waals surface area (Å²) in [5.41, 5.74) is 1.76. The monoisotopic (exact) mass is 384 g/mol. The molecule has 0 saturated carbocycles. The van der Waals surface area contributed by atoms with Gasteiger partial charge >= 0.3 is 12.1 Å². The summed E-state index contributed by atoms with van der Waals surface area (Å²) in [6.45, 7) is -0.469. The Labute approximate surface area is 161 Å². The molecule has 3 aliphatic heterocycles. The molecule has 3 aliphatic rings. The minimum Gasteiger partial charge on any atom is -0.445 e. The highest BCUT2D eigenvalue weighted by molar-refractivity contribution is 5.86. The van der Waals surface area contributed by atoms with Gasteiger partial charge in [0.15, 0.2) is 0 Å². The predicted molar refractivity (Wildman–Crippen MR) is 96.5 cm³/mol. The number of nitrogens with one attached hydrogen (secondary N) is 2. The second kappa shape index (κ2) is 7.97. The van der Waals surface area contributed by atoms with Crippen molar-refractivity contribution in [2.45, 2.75) is 31.5 Å². The fourth-order valence-corrected chi connectivity index (χ4v) is 2.88. The first-order chi connectivity index (χ1) is 13.6. The molecule has 3 saturated heterocycles. The predicted octanol–water partition coefficient (Wildman–Crippen LogP) is 1.65. The SMILES string of the molecule is O=C(NC(Cc1ccccc1)C(=O)NCC12OC(O1)O2)OCc1ccccc1. The van der Waals surface area contributed by atoms with Crippen molar-refractivity contribution in [2.24, 2.45) is 0 Å². The maximum atomic E-state index is 12.6. The van der Waals surface area contributed by atoms with Gasteiger partial charge in [-0.1, -0.05) is 60.7 Å². The zero-order valence-corrected chi connectivity index (χ0v) is 15.0. The summed E-state index contributed by atoms with van der Waals surface area (Å²) in [6, 6.07) is 17.9. The van der Waals surface area contributed by atoms with Crippen LogP contribution in [0.5, 0.6) is 0 Å². The summed E-state index contributed by atoms with van der Waals surface area (Å²) in [4.78, 5) is 24.8. The number of carbonyl (C=O) groups is 2. The lowest BCUT2D eigenvalue weighted by Crippen LogP contribution is -2.75. The Morgan fingerprint density at radius 3 is 2.14 bits per heavy atom. The van der Waals surface area contributed by atoms with E-state index in [4.69, 9.17) is 18.9 Å². The van der Waals surface area contributed by atoms with Crippen molar-refractivity contribution in [2.75, 3.05) is 6.54 Å². The van der Waals surface area contributed by atoms with Gasteiger partial charge in [0, 0.05) is 6.42 Å². The van der Waals surface area contributed by atoms with Crippen LogP contribution in [0, 0.1) is 0 Å². The van der Waals surface area contributed by atoms with Crippen molar-refractivity contribution in [3.8, 4) is 0 Å². The first-order valence-corrected chi connectivity index (χ1v) is 8.94. The van der Waals surface area contributed by atoms with Gasteiger partial charge < -0.3 is 15.4 Å². The third-order valence-corrected chi connectivity index (χ3v) is 4.41. The van der Waals surface area contributed by atoms with Crippen LogP contribution in [0.3, 0.4) is 0 Å². The second-order valence-electron chi connectivity index (χ2n) is 6.49. The lowest BCUT2D eigenvalue weighted by molar-refractivity contribution is -0.733. The molecule has 28 heavy (non-hydrogen) atoms. The third-order valence-electron chi connectivity index (χ3n) is 4.41. The Morgan fingerprint density at radius 1 is 0.964 bits per heavy atom. The molecule has 3 heterocycles. The minimum atomic E-state index is -1.18. The van der Waals surface area contributed by atoms with Crippen molar-refractivity contribution in [1.29, 1.82) is 0 Å². The molecule has 2 aromatic carbocycles. The van der Waals surface area contributed by atoms with E-state index >= 15 is 0 Å². The molecule has 5 rings (SSSR count). The number of ether oxygens (including phenoxy) is 4. The van der Waals surface area contributed by atoms with Crippen LogP contribution in [0.1, 0.15) is 11.1 Å². The molecule has 146 valence electrons. The quantitative estimate of drug-likeness (QED) is 0.719. The van der Waals surface area contributed by atoms with Gasteiger partial charge in [-0.2, -0.15) is 0 Å². The van der Waals surface area contributed by atoms with Crippen LogP contribution in [0.25, 0.3) is 0 Å². The van der Waals surface area contributed by atoms with E-state index in [1.54, 1.807) is 0 Å². The molecule has 1 atom stereocenters. The van der Waals surface area contributed by atoms with Crippen LogP contribution in [-0.2, 0) is 36.8 Å². The Kier molecular flexibility index (Phi) is 5.25. The van der Waals surface area contributed by atoms with Crippen LogP contribution in [0.2, 0.25) is 0 Å². The van der Waals surface area contributed by atoms with Crippen LogP contribution in [0.4, 0.5) is 4.79 Å². The summed E-state index contributed by atoms with van der Waals surface area (Å²) < 4.78 is 20.7. The third kappa shape index (κ3) is 4.30. The summed E-state index contributed by atoms with van der Waals surface area (Å²) in [5.74, 6) is -1.56. The minimum absolute atomic E-state index is 0.0361. The van der Waals surface area contributed by atoms with Gasteiger partial charge in [0.25, 0.3) is 6.48 Å². The summed E-state index contributed by atoms with van der Waals surface area (Å²) in [5, 5.41) is 5.30. The van der Waals surface area contributed by atoms with E-state index in [9.17, 15) is 9.59 Å². The van der Waals surface area contributed by atoms with Crippen LogP contribution in [-0.4, -0.2) is 37.0 Å². The maximum absolute atomic E-state index is 12.6. The average molecular weight is 384 g/mol. The lowest BCUT2D eigenvalue weighted by Gasteiger charge is -2.57. The standard InChI is InChI=1S/C20H20N2O6/c23-17(21-13-20-26-19(27-20)28-20)16(11-14-7-3-1-4-8-14)22-18(24)25-12-15-9-5-2-6-10-15/h1-10,16,19H,11-13H2,(H,21,23)(H,22,24). The van der Waals surface area contributed by atoms with E-state index in [2.05, 4.69) is 10.6 Å². The Morgan fingerprint density at radius 2 is 1.57 bits per heavy atom. The van der Waals surface area contributed by atoms with Crippen molar-refractivity contribution in [3.05, 3.63) is 71.8 Å². The molecule has 3 fully saturated rings. The maximum Gasteiger partial charge on any atom is 0.408 e. The Balaban J connectivity index is 1.33. The van der Waals surface area contributed by atoms with E-state index in [-0.39, 0.29) is 19.1 Å². The highest BCUT2D eigenvalue weighted by Gasteiger charge is 2.64. The number of hydrogen-bond acceptors (Lipinski definition) is 6. The van der Waals surface area contributed by atoms with Gasteiger partial charge in [-0.15, -0.1) is 0 Å². The van der Waals surface area contributed by atoms with Crippen molar-refractivity contribution in [3.63, 3.8) is 0 Å². The van der Waals surface area contributed by atoms with E-state index < -0.39 is 24.6 Å². The van der Waals surface area contributed by atoms with E-state index in [0.29, 0.717) is 6.42 Å². The normalized spacial score (nSPS) is 22.9. The highest BCUT2D eigenvalue weighted by atomic mass is 17.2. The Bertz CT molecular complexity index is 812. The van der Waals surface area contributed by atoms with Crippen LogP contribution in [0.15, 0.2) is 60.7 Å². The zero-order chi connectivity index (χ0) is 19.4. The van der Waals surface area contributed by atoms with E-state index in [1.165, 1.54) is 0 Å². The number of amides is 2. The number of alkyl carbamates (subject to hydrolysis) is 1. The largest absolute Gasteiger partial charge is 0.445 e. The number of carbonyl (C=O) groups excluding carboxylic acids is 2. The van der Waals surface area contributed by atoms with Crippen LogP contribution >= 0.6 is 0 Å². The molecule has 1 unspecified atom stereocenters. The van der Waals surface area contributed by atoms with Crippen molar-refractivity contribution < 1.29 is 28.5 Å². The van der Waals surface area contributed by atoms with Gasteiger partial charge in [-0.25, -0.2) is 4.79 Å². The zero-order valence-electron chi connectivity index (χ0n) is 15.0. The molecular weight excluding hydrogens is 364 g/mol. The molecule has 2 amide bonds. The molecule has 0 aromatic heterocycles. The van der Waals surface area contributed by atoms with Crippen molar-refractivity contribution in [1.82, 2.24) is 10.6 Å². The molecule has 2 N–H and O–H groups in total. The van der Waals surface area contributed by atoms with Gasteiger partial charge in [0.1, 0.15) is 19.2 Å². The smallest absolute Gasteiger partial charge is 0.408 e. The molecule has 0 aliphatic carbocycles. The highest BCUT2D eigenvalue weighted by Crippen LogP contribution is 2.44. The Hall–Kier alpha value is -2.94. The van der Waals surface area contributed by atoms with E-state index in [0.717, 1.165) is 11.1 Å². The molecule has 2 bridgehead atoms.